The second-order valence-electron chi connectivity index (χ2n) is 26.7. The van der Waals surface area contributed by atoms with Crippen LogP contribution in [0.4, 0.5) is 0 Å². The Morgan fingerprint density at radius 3 is 0.891 bits per heavy atom. The summed E-state index contributed by atoms with van der Waals surface area (Å²) >= 11 is 1.80. The van der Waals surface area contributed by atoms with Gasteiger partial charge in [-0.1, -0.05) is 309 Å². The van der Waals surface area contributed by atoms with Crippen molar-refractivity contribution >= 4 is 53.4 Å². The van der Waals surface area contributed by atoms with Gasteiger partial charge < -0.3 is 4.42 Å². The number of fused-ring (bicyclic) bond motifs is 6. The van der Waals surface area contributed by atoms with E-state index in [2.05, 4.69) is 188 Å². The van der Waals surface area contributed by atoms with E-state index in [1.54, 1.807) is 11.3 Å². The van der Waals surface area contributed by atoms with E-state index in [0.717, 1.165) is 134 Å². The molecule has 0 atom stereocenters. The number of thiophene rings is 1. The van der Waals surface area contributed by atoms with Crippen molar-refractivity contribution in [3.05, 3.63) is 376 Å². The van der Waals surface area contributed by atoms with Gasteiger partial charge in [-0.15, -0.1) is 11.3 Å². The summed E-state index contributed by atoms with van der Waals surface area (Å²) in [5.41, 5.74) is 21.0. The van der Waals surface area contributed by atoms with Crippen LogP contribution in [0.1, 0.15) is 0 Å². The van der Waals surface area contributed by atoms with Crippen molar-refractivity contribution in [1.29, 1.82) is 0 Å². The van der Waals surface area contributed by atoms with Crippen molar-refractivity contribution in [2.45, 2.75) is 0 Å². The maximum absolute atomic E-state index is 6.24. The lowest BCUT2D eigenvalue weighted by Crippen LogP contribution is -2.00. The lowest BCUT2D eigenvalue weighted by atomic mass is 9.99. The smallest absolute Gasteiger partial charge is 0.164 e. The first-order valence-corrected chi connectivity index (χ1v) is 37.1. The molecule has 0 aliphatic carbocycles. The Bertz CT molecular complexity index is 6630. The summed E-state index contributed by atoms with van der Waals surface area (Å²) in [6.45, 7) is 0. The molecule has 6 aromatic heterocycles. The highest BCUT2D eigenvalue weighted by Crippen LogP contribution is 2.40. The van der Waals surface area contributed by atoms with Gasteiger partial charge in [-0.3, -0.25) is 0 Å². The van der Waals surface area contributed by atoms with E-state index < -0.39 is 0 Å². The molecule has 110 heavy (non-hydrogen) atoms. The molecule has 20 aromatic rings. The molecule has 6 heterocycles. The molecule has 0 saturated heterocycles. The van der Waals surface area contributed by atoms with Gasteiger partial charge in [0, 0.05) is 97.7 Å². The highest BCUT2D eigenvalue weighted by Gasteiger charge is 2.20. The van der Waals surface area contributed by atoms with Gasteiger partial charge in [0.15, 0.2) is 46.6 Å². The summed E-state index contributed by atoms with van der Waals surface area (Å²) < 4.78 is 8.76. The fraction of sp³-hybridized carbons (Fsp3) is 0. The van der Waals surface area contributed by atoms with Gasteiger partial charge in [0.1, 0.15) is 11.2 Å². The predicted octanol–water partition coefficient (Wildman–Crippen LogP) is 24.9. The van der Waals surface area contributed by atoms with Gasteiger partial charge >= 0.3 is 0 Å². The van der Waals surface area contributed by atoms with Crippen LogP contribution in [0.15, 0.2) is 381 Å². The van der Waals surface area contributed by atoms with Crippen LogP contribution in [0.25, 0.3) is 200 Å². The fourth-order valence-electron chi connectivity index (χ4n) is 13.9. The third-order valence-corrected chi connectivity index (χ3v) is 20.7. The fourth-order valence-corrected chi connectivity index (χ4v) is 15.0. The molecular formula is C98H62N10OS. The Morgan fingerprint density at radius 2 is 0.445 bits per heavy atom. The molecule has 11 nitrogen and oxygen atoms in total. The van der Waals surface area contributed by atoms with Crippen LogP contribution < -0.4 is 0 Å². The van der Waals surface area contributed by atoms with E-state index in [-0.39, 0.29) is 0 Å². The van der Waals surface area contributed by atoms with Crippen LogP contribution in [0.5, 0.6) is 0 Å². The van der Waals surface area contributed by atoms with Gasteiger partial charge in [0.05, 0.1) is 22.8 Å². The predicted molar refractivity (Wildman–Crippen MR) is 447 cm³/mol. The minimum Gasteiger partial charge on any atom is -0.456 e. The molecule has 0 amide bonds. The molecule has 0 radical (unpaired) electrons. The monoisotopic (exact) mass is 1430 g/mol. The summed E-state index contributed by atoms with van der Waals surface area (Å²) in [5.74, 6) is 5.17. The second kappa shape index (κ2) is 29.3. The molecule has 0 aliphatic heterocycles. The molecule has 0 spiro atoms. The number of rotatable bonds is 14. The second-order valence-corrected chi connectivity index (χ2v) is 27.8. The minimum absolute atomic E-state index is 0.621. The Labute approximate surface area is 638 Å². The van der Waals surface area contributed by atoms with E-state index in [4.69, 9.17) is 54.3 Å². The SMILES string of the molecule is c1ccc(-c2cc(-c3cccc(-c4ccc(-c5nc(-c6ccccc6)nc(-c6ccc7sc8ccccc8c7c6)n5)cc4)c3)nc(-c3ccccc3)n2)cc1.c1ccc(-c2nc(-c3cccc(-c4ccc(-c5nc(-c6ccccc6)nc(-c6ccccc6)n5)cc4)c3)cc(-c3ccc4c(c3)oc3ccccc34)n2)cc1. The molecule has 516 valence electrons. The Hall–Kier alpha value is -14.7. The molecule has 0 fully saturated rings. The van der Waals surface area contributed by atoms with Gasteiger partial charge in [-0.05, 0) is 89.0 Å². The number of aromatic nitrogens is 10. The van der Waals surface area contributed by atoms with Crippen molar-refractivity contribution in [3.8, 4) is 158 Å². The van der Waals surface area contributed by atoms with Gasteiger partial charge in [0.2, 0.25) is 0 Å². The standard InChI is InChI=1S/C49H31N5O.C49H31N5S/c1-4-13-33(14-5-1)46-50-42(31-43(51-46)39-27-28-41-40-21-10-11-22-44(40)55-45(41)30-39)38-20-12-19-37(29-38)32-23-25-36(26-24-32)49-53-47(34-15-6-2-7-16-34)52-48(54-49)35-17-8-3-9-18-35;1-4-13-33(14-5-1)42-31-43(51-46(50-42)34-15-6-2-7-16-34)38-20-12-19-37(29-38)32-23-25-36(26-24-32)48-52-47(35-17-8-3-9-18-35)53-49(54-48)39-27-28-45-41(30-39)40-21-10-11-22-44(40)55-45/h2*1-31H. The first-order valence-electron chi connectivity index (χ1n) is 36.3. The number of furan rings is 1. The molecular weight excluding hydrogens is 1370 g/mol. The van der Waals surface area contributed by atoms with E-state index >= 15 is 0 Å². The number of para-hydroxylation sites is 1. The topological polar surface area (TPSA) is 142 Å². The summed E-state index contributed by atoms with van der Waals surface area (Å²) in [7, 11) is 0. The van der Waals surface area contributed by atoms with E-state index in [9.17, 15) is 0 Å². The summed E-state index contributed by atoms with van der Waals surface area (Å²) in [4.78, 5) is 49.9. The normalized spacial score (nSPS) is 11.3. The number of hydrogen-bond acceptors (Lipinski definition) is 12. The zero-order chi connectivity index (χ0) is 73.1. The van der Waals surface area contributed by atoms with Crippen molar-refractivity contribution in [1.82, 2.24) is 49.8 Å². The Morgan fingerprint density at radius 1 is 0.155 bits per heavy atom. The molecule has 12 heteroatoms. The summed E-state index contributed by atoms with van der Waals surface area (Å²) in [6, 6.07) is 128. The third kappa shape index (κ3) is 13.6. The Balaban J connectivity index is 0.000000149. The average molecular weight is 1430 g/mol. The molecule has 0 unspecified atom stereocenters. The largest absolute Gasteiger partial charge is 0.456 e. The highest BCUT2D eigenvalue weighted by atomic mass is 32.1. The van der Waals surface area contributed by atoms with Crippen molar-refractivity contribution in [2.24, 2.45) is 0 Å². The maximum atomic E-state index is 6.24. The minimum atomic E-state index is 0.621. The number of benzene rings is 14. The molecule has 14 aromatic carbocycles. The maximum Gasteiger partial charge on any atom is 0.164 e. The first kappa shape index (κ1) is 66.0. The molecule has 0 saturated carbocycles. The van der Waals surface area contributed by atoms with Crippen LogP contribution in [0.2, 0.25) is 0 Å². The first-order chi connectivity index (χ1) is 54.4. The lowest BCUT2D eigenvalue weighted by molar-refractivity contribution is 0.669. The van der Waals surface area contributed by atoms with Crippen molar-refractivity contribution < 1.29 is 4.42 Å². The van der Waals surface area contributed by atoms with Gasteiger partial charge in [-0.25, -0.2) is 49.8 Å². The van der Waals surface area contributed by atoms with Crippen molar-refractivity contribution in [2.75, 3.05) is 0 Å². The lowest BCUT2D eigenvalue weighted by Gasteiger charge is -2.11. The van der Waals surface area contributed by atoms with E-state index in [1.807, 2.05) is 188 Å². The molecule has 0 aliphatic rings. The van der Waals surface area contributed by atoms with Crippen LogP contribution >= 0.6 is 11.3 Å². The molecule has 20 rings (SSSR count). The average Bonchev–Trinajstić information content (AvgIpc) is 1.56. The zero-order valence-corrected chi connectivity index (χ0v) is 59.9. The van der Waals surface area contributed by atoms with Crippen LogP contribution in [-0.2, 0) is 0 Å². The van der Waals surface area contributed by atoms with Gasteiger partial charge in [-0.2, -0.15) is 0 Å². The summed E-state index contributed by atoms with van der Waals surface area (Å²) in [5, 5.41) is 4.64. The highest BCUT2D eigenvalue weighted by molar-refractivity contribution is 7.25. The zero-order valence-electron chi connectivity index (χ0n) is 59.1. The Kier molecular flexibility index (Phi) is 17.6. The number of nitrogens with zero attached hydrogens (tertiary/aromatic N) is 10. The van der Waals surface area contributed by atoms with Crippen molar-refractivity contribution in [3.63, 3.8) is 0 Å². The van der Waals surface area contributed by atoms with Gasteiger partial charge in [0.25, 0.3) is 0 Å². The summed E-state index contributed by atoms with van der Waals surface area (Å²) in [6.07, 6.45) is 0. The third-order valence-electron chi connectivity index (χ3n) is 19.5. The van der Waals surface area contributed by atoms with E-state index in [0.29, 0.717) is 46.6 Å². The van der Waals surface area contributed by atoms with Crippen LogP contribution in [0, 0.1) is 0 Å². The van der Waals surface area contributed by atoms with E-state index in [1.165, 1.54) is 20.2 Å². The quantitative estimate of drug-likeness (QED) is 0.103. The number of hydrogen-bond donors (Lipinski definition) is 0. The molecule has 0 bridgehead atoms. The molecule has 0 N–H and O–H groups in total. The van der Waals surface area contributed by atoms with Crippen LogP contribution in [-0.4, -0.2) is 49.8 Å². The van der Waals surface area contributed by atoms with Crippen LogP contribution in [0.3, 0.4) is 0 Å².